The van der Waals surface area contributed by atoms with Crippen molar-refractivity contribution in [2.75, 3.05) is 0 Å². The monoisotopic (exact) mass is 411 g/mol. The predicted molar refractivity (Wildman–Crippen MR) is 104 cm³/mol. The highest BCUT2D eigenvalue weighted by Gasteiger charge is 2.34. The van der Waals surface area contributed by atoms with Gasteiger partial charge in [0.1, 0.15) is 0 Å². The van der Waals surface area contributed by atoms with E-state index in [1.165, 1.54) is 30.3 Å². The summed E-state index contributed by atoms with van der Waals surface area (Å²) in [5, 5.41) is 3.33. The maximum absolute atomic E-state index is 12.9. The van der Waals surface area contributed by atoms with Crippen LogP contribution >= 0.6 is 11.6 Å². The number of amides is 1. The maximum Gasteiger partial charge on any atom is 0.251 e. The molecule has 3 aromatic rings. The lowest BCUT2D eigenvalue weighted by Gasteiger charge is -2.19. The first kappa shape index (κ1) is 18.4. The van der Waals surface area contributed by atoms with Gasteiger partial charge in [-0.25, -0.2) is 8.42 Å². The number of carbonyl (C=O) groups is 2. The van der Waals surface area contributed by atoms with Gasteiger partial charge in [0.25, 0.3) is 5.91 Å². The number of fused-ring (bicyclic) bond motifs is 2. The molecule has 0 bridgehead atoms. The van der Waals surface area contributed by atoms with Crippen LogP contribution in [0, 0.1) is 0 Å². The summed E-state index contributed by atoms with van der Waals surface area (Å²) < 4.78 is 25.9. The van der Waals surface area contributed by atoms with Crippen molar-refractivity contribution in [3.8, 4) is 0 Å². The van der Waals surface area contributed by atoms with Gasteiger partial charge >= 0.3 is 0 Å². The highest BCUT2D eigenvalue weighted by molar-refractivity contribution is 7.91. The van der Waals surface area contributed by atoms with Crippen LogP contribution in [0.1, 0.15) is 31.8 Å². The highest BCUT2D eigenvalue weighted by Crippen LogP contribution is 2.34. The molecule has 5 nitrogen and oxygen atoms in total. The SMILES string of the molecule is O=C(NCc1ccc(Cl)cc1)c1ccc2c(c1)S(=O)(=O)c1ccccc1C2=O. The minimum absolute atomic E-state index is 0.0359. The summed E-state index contributed by atoms with van der Waals surface area (Å²) in [6.45, 7) is 0.265. The molecule has 0 spiro atoms. The standard InChI is InChI=1S/C21H14ClNO4S/c22-15-8-5-13(6-9-15)12-23-21(25)14-7-10-17-19(11-14)28(26,27)18-4-2-1-3-16(18)20(17)24/h1-11H,12H2,(H,23,25). The summed E-state index contributed by atoms with van der Waals surface area (Å²) in [4.78, 5) is 25.0. The Morgan fingerprint density at radius 1 is 0.893 bits per heavy atom. The van der Waals surface area contributed by atoms with E-state index in [1.807, 2.05) is 0 Å². The fraction of sp³-hybridized carbons (Fsp3) is 0.0476. The van der Waals surface area contributed by atoms with Crippen LogP contribution in [0.3, 0.4) is 0 Å². The van der Waals surface area contributed by atoms with Crippen LogP contribution in [0.5, 0.6) is 0 Å². The predicted octanol–water partition coefficient (Wildman–Crippen LogP) is 3.65. The Hall–Kier alpha value is -2.96. The summed E-state index contributed by atoms with van der Waals surface area (Å²) in [6.07, 6.45) is 0. The van der Waals surface area contributed by atoms with Gasteiger partial charge in [0.2, 0.25) is 9.84 Å². The Balaban J connectivity index is 1.65. The average molecular weight is 412 g/mol. The summed E-state index contributed by atoms with van der Waals surface area (Å²) in [5.41, 5.74) is 1.25. The van der Waals surface area contributed by atoms with Crippen LogP contribution in [0.25, 0.3) is 0 Å². The summed E-state index contributed by atoms with van der Waals surface area (Å²) in [7, 11) is -3.88. The zero-order valence-electron chi connectivity index (χ0n) is 14.5. The third kappa shape index (κ3) is 3.10. The number of nitrogens with one attached hydrogen (secondary N) is 1. The molecule has 0 aliphatic carbocycles. The van der Waals surface area contributed by atoms with E-state index in [0.717, 1.165) is 5.56 Å². The van der Waals surface area contributed by atoms with Crippen LogP contribution in [0.4, 0.5) is 0 Å². The van der Waals surface area contributed by atoms with Crippen LogP contribution in [0.15, 0.2) is 76.5 Å². The number of hydrogen-bond acceptors (Lipinski definition) is 4. The quantitative estimate of drug-likeness (QED) is 0.558. The zero-order valence-corrected chi connectivity index (χ0v) is 16.0. The molecule has 140 valence electrons. The molecular formula is C21H14ClNO4S. The molecule has 0 radical (unpaired) electrons. The van der Waals surface area contributed by atoms with Crippen molar-refractivity contribution >= 4 is 33.1 Å². The van der Waals surface area contributed by atoms with E-state index < -0.39 is 15.7 Å². The van der Waals surface area contributed by atoms with E-state index in [4.69, 9.17) is 11.6 Å². The molecule has 3 aromatic carbocycles. The second-order valence-corrected chi connectivity index (χ2v) is 8.67. The Bertz CT molecular complexity index is 1220. The first-order valence-corrected chi connectivity index (χ1v) is 10.3. The minimum Gasteiger partial charge on any atom is -0.348 e. The van der Waals surface area contributed by atoms with E-state index >= 15 is 0 Å². The lowest BCUT2D eigenvalue weighted by molar-refractivity contribution is 0.0948. The number of halogens is 1. The molecule has 1 aliphatic rings. The van der Waals surface area contributed by atoms with Crippen molar-refractivity contribution < 1.29 is 18.0 Å². The Morgan fingerprint density at radius 2 is 1.57 bits per heavy atom. The van der Waals surface area contributed by atoms with E-state index in [2.05, 4.69) is 5.32 Å². The Labute approximate surface area is 166 Å². The van der Waals surface area contributed by atoms with Crippen molar-refractivity contribution in [2.45, 2.75) is 16.3 Å². The maximum atomic E-state index is 12.9. The number of carbonyl (C=O) groups excluding carboxylic acids is 2. The van der Waals surface area contributed by atoms with Crippen molar-refractivity contribution in [3.63, 3.8) is 0 Å². The number of rotatable bonds is 3. The van der Waals surface area contributed by atoms with Gasteiger partial charge in [0.05, 0.1) is 9.79 Å². The first-order valence-electron chi connectivity index (χ1n) is 8.43. The lowest BCUT2D eigenvalue weighted by atomic mass is 10.0. The Morgan fingerprint density at radius 3 is 2.32 bits per heavy atom. The average Bonchev–Trinajstić information content (AvgIpc) is 2.71. The third-order valence-corrected chi connectivity index (χ3v) is 6.67. The van der Waals surface area contributed by atoms with Crippen molar-refractivity contribution in [2.24, 2.45) is 0 Å². The van der Waals surface area contributed by atoms with Gasteiger partial charge in [-0.15, -0.1) is 0 Å². The second kappa shape index (κ2) is 6.89. The molecule has 1 heterocycles. The molecule has 0 aromatic heterocycles. The van der Waals surface area contributed by atoms with E-state index in [1.54, 1.807) is 36.4 Å². The molecule has 7 heteroatoms. The first-order chi connectivity index (χ1) is 13.4. The Kier molecular flexibility index (Phi) is 4.53. The van der Waals surface area contributed by atoms with Crippen LogP contribution in [-0.4, -0.2) is 20.1 Å². The summed E-state index contributed by atoms with van der Waals surface area (Å²) in [6, 6.07) is 17.2. The van der Waals surface area contributed by atoms with Crippen molar-refractivity contribution in [3.05, 3.63) is 94.0 Å². The van der Waals surface area contributed by atoms with Crippen molar-refractivity contribution in [1.29, 1.82) is 0 Å². The highest BCUT2D eigenvalue weighted by atomic mass is 35.5. The van der Waals surface area contributed by atoms with Gasteiger partial charge in [-0.05, 0) is 48.0 Å². The van der Waals surface area contributed by atoms with Crippen LogP contribution in [-0.2, 0) is 16.4 Å². The fourth-order valence-electron chi connectivity index (χ4n) is 3.11. The molecule has 0 atom stereocenters. The summed E-state index contributed by atoms with van der Waals surface area (Å²) >= 11 is 5.84. The molecule has 1 amide bonds. The number of ketones is 1. The van der Waals surface area contributed by atoms with Gasteiger partial charge in [-0.3, -0.25) is 9.59 Å². The minimum atomic E-state index is -3.88. The van der Waals surface area contributed by atoms with Gasteiger partial charge < -0.3 is 5.32 Å². The normalized spacial score (nSPS) is 14.1. The largest absolute Gasteiger partial charge is 0.348 e. The van der Waals surface area contributed by atoms with E-state index in [-0.39, 0.29) is 38.8 Å². The summed E-state index contributed by atoms with van der Waals surface area (Å²) in [5.74, 6) is -0.798. The lowest BCUT2D eigenvalue weighted by Crippen LogP contribution is -2.25. The number of hydrogen-bond donors (Lipinski definition) is 1. The van der Waals surface area contributed by atoms with Crippen LogP contribution < -0.4 is 5.32 Å². The molecular weight excluding hydrogens is 398 g/mol. The van der Waals surface area contributed by atoms with Gasteiger partial charge in [0.15, 0.2) is 5.78 Å². The molecule has 1 N–H and O–H groups in total. The topological polar surface area (TPSA) is 80.3 Å². The molecule has 28 heavy (non-hydrogen) atoms. The van der Waals surface area contributed by atoms with Gasteiger partial charge in [0, 0.05) is 28.3 Å². The molecule has 0 saturated carbocycles. The van der Waals surface area contributed by atoms with Gasteiger partial charge in [-0.2, -0.15) is 0 Å². The second-order valence-electron chi connectivity index (χ2n) is 6.35. The molecule has 0 saturated heterocycles. The van der Waals surface area contributed by atoms with Crippen LogP contribution in [0.2, 0.25) is 5.02 Å². The molecule has 0 fully saturated rings. The number of sulfone groups is 1. The molecule has 0 unspecified atom stereocenters. The number of benzene rings is 3. The molecule has 1 aliphatic heterocycles. The molecule has 4 rings (SSSR count). The van der Waals surface area contributed by atoms with E-state index in [0.29, 0.717) is 5.02 Å². The fourth-order valence-corrected chi connectivity index (χ4v) is 4.92. The van der Waals surface area contributed by atoms with Crippen molar-refractivity contribution in [1.82, 2.24) is 5.32 Å². The third-order valence-electron chi connectivity index (χ3n) is 4.57. The van der Waals surface area contributed by atoms with E-state index in [9.17, 15) is 18.0 Å². The smallest absolute Gasteiger partial charge is 0.251 e. The zero-order chi connectivity index (χ0) is 19.9. The van der Waals surface area contributed by atoms with Gasteiger partial charge in [-0.1, -0.05) is 35.9 Å².